The lowest BCUT2D eigenvalue weighted by Crippen LogP contribution is -2.16. The second kappa shape index (κ2) is 7.13. The standard InChI is InChI=1S/C19H18ClNO4S/c1-13-4-2-6-17(10-13)26(24,25)21-16(5-3-7-19(22)23)12-14-11-15(20)8-9-18(14)21/h2,4,6,8-12H,3,5,7H2,1H3,(H,22,23). The van der Waals surface area contributed by atoms with Crippen LogP contribution in [0.2, 0.25) is 5.02 Å². The van der Waals surface area contributed by atoms with Crippen LogP contribution in [0.1, 0.15) is 24.1 Å². The van der Waals surface area contributed by atoms with Crippen LogP contribution < -0.4 is 0 Å². The van der Waals surface area contributed by atoms with Crippen molar-refractivity contribution in [1.29, 1.82) is 0 Å². The first kappa shape index (κ1) is 18.5. The SMILES string of the molecule is Cc1cccc(S(=O)(=O)n2c(CCCC(=O)O)cc3cc(Cl)ccc32)c1. The number of hydrogen-bond donors (Lipinski definition) is 1. The minimum Gasteiger partial charge on any atom is -0.481 e. The lowest BCUT2D eigenvalue weighted by molar-refractivity contribution is -0.137. The number of benzene rings is 2. The molecule has 0 spiro atoms. The van der Waals surface area contributed by atoms with Crippen molar-refractivity contribution in [2.24, 2.45) is 0 Å². The molecule has 0 aliphatic rings. The number of fused-ring (bicyclic) bond motifs is 1. The highest BCUT2D eigenvalue weighted by molar-refractivity contribution is 7.90. The Morgan fingerprint density at radius 1 is 1.15 bits per heavy atom. The molecule has 3 rings (SSSR count). The predicted octanol–water partition coefficient (Wildman–Crippen LogP) is 4.25. The monoisotopic (exact) mass is 391 g/mol. The minimum atomic E-state index is -3.81. The average Bonchev–Trinajstić information content (AvgIpc) is 2.92. The van der Waals surface area contributed by atoms with E-state index in [1.165, 1.54) is 3.97 Å². The summed E-state index contributed by atoms with van der Waals surface area (Å²) in [5.41, 5.74) is 1.92. The number of rotatable bonds is 6. The summed E-state index contributed by atoms with van der Waals surface area (Å²) in [6, 6.07) is 13.5. The molecule has 0 bridgehead atoms. The van der Waals surface area contributed by atoms with Gasteiger partial charge in [-0.3, -0.25) is 4.79 Å². The van der Waals surface area contributed by atoms with Crippen molar-refractivity contribution < 1.29 is 18.3 Å². The lowest BCUT2D eigenvalue weighted by Gasteiger charge is -2.12. The topological polar surface area (TPSA) is 76.4 Å². The average molecular weight is 392 g/mol. The summed E-state index contributed by atoms with van der Waals surface area (Å²) in [6.07, 6.45) is 0.666. The summed E-state index contributed by atoms with van der Waals surface area (Å²) in [6.45, 7) is 1.83. The van der Waals surface area contributed by atoms with E-state index in [4.69, 9.17) is 16.7 Å². The molecule has 3 aromatic rings. The third-order valence-electron chi connectivity index (χ3n) is 4.14. The molecule has 0 unspecified atom stereocenters. The molecule has 0 amide bonds. The molecule has 0 saturated heterocycles. The number of carboxylic acid groups (broad SMARTS) is 1. The van der Waals surface area contributed by atoms with E-state index >= 15 is 0 Å². The molecule has 0 saturated carbocycles. The van der Waals surface area contributed by atoms with Crippen molar-refractivity contribution in [2.45, 2.75) is 31.1 Å². The van der Waals surface area contributed by atoms with Gasteiger partial charge in [-0.15, -0.1) is 0 Å². The minimum absolute atomic E-state index is 0.0211. The van der Waals surface area contributed by atoms with Crippen LogP contribution in [0.3, 0.4) is 0 Å². The Hall–Kier alpha value is -2.31. The van der Waals surface area contributed by atoms with Gasteiger partial charge in [0.15, 0.2) is 0 Å². The summed E-state index contributed by atoms with van der Waals surface area (Å²) >= 11 is 6.04. The maximum atomic E-state index is 13.3. The van der Waals surface area contributed by atoms with Crippen molar-refractivity contribution in [1.82, 2.24) is 3.97 Å². The third-order valence-corrected chi connectivity index (χ3v) is 6.14. The molecule has 1 N–H and O–H groups in total. The Morgan fingerprint density at radius 3 is 2.62 bits per heavy atom. The summed E-state index contributed by atoms with van der Waals surface area (Å²) in [7, 11) is -3.81. The van der Waals surface area contributed by atoms with Gasteiger partial charge in [-0.25, -0.2) is 12.4 Å². The fourth-order valence-electron chi connectivity index (χ4n) is 2.98. The number of carbonyl (C=O) groups is 1. The first-order valence-electron chi connectivity index (χ1n) is 8.13. The van der Waals surface area contributed by atoms with E-state index in [-0.39, 0.29) is 11.3 Å². The Kier molecular flexibility index (Phi) is 5.07. The molecule has 0 atom stereocenters. The quantitative estimate of drug-likeness (QED) is 0.681. The molecule has 136 valence electrons. The summed E-state index contributed by atoms with van der Waals surface area (Å²) in [5.74, 6) is -0.905. The largest absolute Gasteiger partial charge is 0.481 e. The Morgan fingerprint density at radius 2 is 1.92 bits per heavy atom. The van der Waals surface area contributed by atoms with E-state index < -0.39 is 16.0 Å². The summed E-state index contributed by atoms with van der Waals surface area (Å²) in [5, 5.41) is 10.1. The van der Waals surface area contributed by atoms with Gasteiger partial charge in [0.25, 0.3) is 10.0 Å². The van der Waals surface area contributed by atoms with Gasteiger partial charge in [0.1, 0.15) is 0 Å². The highest BCUT2D eigenvalue weighted by Crippen LogP contribution is 2.29. The van der Waals surface area contributed by atoms with Gasteiger partial charge in [0, 0.05) is 22.5 Å². The fraction of sp³-hybridized carbons (Fsp3) is 0.211. The number of hydrogen-bond acceptors (Lipinski definition) is 3. The first-order valence-corrected chi connectivity index (χ1v) is 9.95. The molecule has 0 aliphatic heterocycles. The first-order chi connectivity index (χ1) is 12.3. The zero-order valence-corrected chi connectivity index (χ0v) is 15.7. The molecule has 0 fully saturated rings. The molecular formula is C19H18ClNO4S. The summed E-state index contributed by atoms with van der Waals surface area (Å²) in [4.78, 5) is 11.0. The van der Waals surface area contributed by atoms with Crippen molar-refractivity contribution in [3.05, 3.63) is 64.8 Å². The van der Waals surface area contributed by atoms with Crippen LogP contribution in [0, 0.1) is 6.92 Å². The molecular weight excluding hydrogens is 374 g/mol. The van der Waals surface area contributed by atoms with Gasteiger partial charge in [-0.2, -0.15) is 0 Å². The number of halogens is 1. The van der Waals surface area contributed by atoms with Gasteiger partial charge < -0.3 is 5.11 Å². The van der Waals surface area contributed by atoms with E-state index in [2.05, 4.69) is 0 Å². The maximum Gasteiger partial charge on any atom is 0.303 e. The van der Waals surface area contributed by atoms with Crippen LogP contribution in [0.5, 0.6) is 0 Å². The van der Waals surface area contributed by atoms with Crippen LogP contribution in [-0.4, -0.2) is 23.5 Å². The normalized spacial score (nSPS) is 11.8. The Balaban J connectivity index is 2.17. The molecule has 1 aromatic heterocycles. The predicted molar refractivity (Wildman–Crippen MR) is 101 cm³/mol. The maximum absolute atomic E-state index is 13.3. The second-order valence-corrected chi connectivity index (χ2v) is 8.40. The molecule has 0 aliphatic carbocycles. The Bertz CT molecular complexity index is 1090. The van der Waals surface area contributed by atoms with Crippen LogP contribution in [0.4, 0.5) is 0 Å². The van der Waals surface area contributed by atoms with E-state index in [1.807, 2.05) is 13.0 Å². The van der Waals surface area contributed by atoms with Crippen molar-refractivity contribution in [3.8, 4) is 0 Å². The molecule has 26 heavy (non-hydrogen) atoms. The fourth-order valence-corrected chi connectivity index (χ4v) is 4.83. The second-order valence-electron chi connectivity index (χ2n) is 6.17. The van der Waals surface area contributed by atoms with E-state index in [1.54, 1.807) is 42.5 Å². The number of aliphatic carboxylic acids is 1. The molecule has 5 nitrogen and oxygen atoms in total. The molecule has 7 heteroatoms. The number of carboxylic acids is 1. The summed E-state index contributed by atoms with van der Waals surface area (Å²) < 4.78 is 27.9. The van der Waals surface area contributed by atoms with E-state index in [9.17, 15) is 13.2 Å². The smallest absolute Gasteiger partial charge is 0.303 e. The zero-order valence-electron chi connectivity index (χ0n) is 14.1. The van der Waals surface area contributed by atoms with Crippen LogP contribution in [0.25, 0.3) is 10.9 Å². The number of nitrogens with zero attached hydrogens (tertiary/aromatic N) is 1. The van der Waals surface area contributed by atoms with E-state index in [0.29, 0.717) is 34.5 Å². The van der Waals surface area contributed by atoms with Gasteiger partial charge in [-0.05, 0) is 61.7 Å². The van der Waals surface area contributed by atoms with Gasteiger partial charge in [0.2, 0.25) is 0 Å². The molecule has 1 heterocycles. The lowest BCUT2D eigenvalue weighted by atomic mass is 10.2. The van der Waals surface area contributed by atoms with Gasteiger partial charge >= 0.3 is 5.97 Å². The third kappa shape index (κ3) is 3.61. The van der Waals surface area contributed by atoms with Crippen LogP contribution >= 0.6 is 11.6 Å². The number of aromatic nitrogens is 1. The Labute approximate surface area is 156 Å². The zero-order chi connectivity index (χ0) is 18.9. The van der Waals surface area contributed by atoms with Crippen LogP contribution in [0.15, 0.2) is 53.4 Å². The van der Waals surface area contributed by atoms with Gasteiger partial charge in [-0.1, -0.05) is 23.7 Å². The highest BCUT2D eigenvalue weighted by Gasteiger charge is 2.23. The number of aryl methyl sites for hydroxylation is 2. The van der Waals surface area contributed by atoms with Crippen molar-refractivity contribution >= 4 is 38.5 Å². The highest BCUT2D eigenvalue weighted by atomic mass is 35.5. The van der Waals surface area contributed by atoms with Crippen LogP contribution in [-0.2, 0) is 21.2 Å². The molecule has 0 radical (unpaired) electrons. The van der Waals surface area contributed by atoms with Crippen molar-refractivity contribution in [2.75, 3.05) is 0 Å². The van der Waals surface area contributed by atoms with Crippen molar-refractivity contribution in [3.63, 3.8) is 0 Å². The van der Waals surface area contributed by atoms with Gasteiger partial charge in [0.05, 0.1) is 10.4 Å². The van der Waals surface area contributed by atoms with E-state index in [0.717, 1.165) is 5.56 Å². The molecule has 2 aromatic carbocycles.